The van der Waals surface area contributed by atoms with Gasteiger partial charge in [0.25, 0.3) is 0 Å². The highest BCUT2D eigenvalue weighted by atomic mass is 16.5. The van der Waals surface area contributed by atoms with Gasteiger partial charge in [0.1, 0.15) is 0 Å². The van der Waals surface area contributed by atoms with Crippen LogP contribution in [0.2, 0.25) is 0 Å². The Labute approximate surface area is 121 Å². The third kappa shape index (κ3) is 2.95. The van der Waals surface area contributed by atoms with E-state index < -0.39 is 0 Å². The van der Waals surface area contributed by atoms with Gasteiger partial charge in [0.2, 0.25) is 5.89 Å². The number of rotatable bonds is 5. The first-order valence-electron chi connectivity index (χ1n) is 6.60. The van der Waals surface area contributed by atoms with Crippen LogP contribution in [0.4, 0.5) is 0 Å². The van der Waals surface area contributed by atoms with Gasteiger partial charge in [-0.05, 0) is 36.4 Å². The first kappa shape index (κ1) is 13.4. The fraction of sp³-hybridized carbons (Fsp3) is 0.308. The monoisotopic (exact) mass is 285 g/mol. The van der Waals surface area contributed by atoms with Gasteiger partial charge in [-0.3, -0.25) is 5.32 Å². The molecule has 1 atom stereocenters. The van der Waals surface area contributed by atoms with E-state index in [1.54, 1.807) is 11.6 Å². The minimum Gasteiger partial charge on any atom is -0.338 e. The number of aryl methyl sites for hydroxylation is 1. The summed E-state index contributed by atoms with van der Waals surface area (Å²) in [7, 11) is 0. The average molecular weight is 285 g/mol. The van der Waals surface area contributed by atoms with Crippen molar-refractivity contribution in [2.75, 3.05) is 0 Å². The van der Waals surface area contributed by atoms with E-state index in [4.69, 9.17) is 4.52 Å². The van der Waals surface area contributed by atoms with E-state index in [-0.39, 0.29) is 6.04 Å². The SMILES string of the molecule is Cc1noc(CNC(C)c2nnnn2-c2ccccc2)n1. The normalized spacial score (nSPS) is 12.5. The molecule has 2 heterocycles. The largest absolute Gasteiger partial charge is 0.338 e. The van der Waals surface area contributed by atoms with E-state index in [0.29, 0.717) is 18.3 Å². The lowest BCUT2D eigenvalue weighted by molar-refractivity contribution is 0.355. The summed E-state index contributed by atoms with van der Waals surface area (Å²) in [5, 5.41) is 18.9. The highest BCUT2D eigenvalue weighted by molar-refractivity contribution is 5.30. The van der Waals surface area contributed by atoms with Crippen LogP contribution in [0.3, 0.4) is 0 Å². The van der Waals surface area contributed by atoms with Gasteiger partial charge in [-0.2, -0.15) is 9.67 Å². The minimum atomic E-state index is -0.0626. The quantitative estimate of drug-likeness (QED) is 0.752. The lowest BCUT2D eigenvalue weighted by atomic mass is 10.3. The van der Waals surface area contributed by atoms with Crippen LogP contribution in [0, 0.1) is 6.92 Å². The van der Waals surface area contributed by atoms with Crippen molar-refractivity contribution in [3.8, 4) is 5.69 Å². The van der Waals surface area contributed by atoms with Crippen LogP contribution in [0.5, 0.6) is 0 Å². The van der Waals surface area contributed by atoms with Crippen molar-refractivity contribution in [2.24, 2.45) is 0 Å². The van der Waals surface area contributed by atoms with Gasteiger partial charge in [-0.1, -0.05) is 23.4 Å². The van der Waals surface area contributed by atoms with Gasteiger partial charge >= 0.3 is 0 Å². The minimum absolute atomic E-state index is 0.0626. The lowest BCUT2D eigenvalue weighted by Crippen LogP contribution is -2.22. The van der Waals surface area contributed by atoms with Crippen LogP contribution >= 0.6 is 0 Å². The van der Waals surface area contributed by atoms with Crippen molar-refractivity contribution in [1.29, 1.82) is 0 Å². The van der Waals surface area contributed by atoms with Gasteiger partial charge < -0.3 is 4.52 Å². The standard InChI is InChI=1S/C13H15N7O/c1-9(14-8-12-15-10(2)17-21-12)13-16-18-19-20(13)11-6-4-3-5-7-11/h3-7,9,14H,8H2,1-2H3. The summed E-state index contributed by atoms with van der Waals surface area (Å²) in [6, 6.07) is 9.68. The van der Waals surface area contributed by atoms with Gasteiger partial charge in [0, 0.05) is 0 Å². The Kier molecular flexibility index (Phi) is 3.69. The Morgan fingerprint density at radius 1 is 1.29 bits per heavy atom. The summed E-state index contributed by atoms with van der Waals surface area (Å²) < 4.78 is 6.77. The number of nitrogens with one attached hydrogen (secondary N) is 1. The number of hydrogen-bond acceptors (Lipinski definition) is 7. The zero-order valence-electron chi connectivity index (χ0n) is 11.8. The maximum Gasteiger partial charge on any atom is 0.240 e. The molecule has 0 aliphatic rings. The number of benzene rings is 1. The molecular formula is C13H15N7O. The van der Waals surface area contributed by atoms with Crippen LogP contribution in [-0.4, -0.2) is 30.3 Å². The zero-order chi connectivity index (χ0) is 14.7. The van der Waals surface area contributed by atoms with E-state index in [9.17, 15) is 0 Å². The Morgan fingerprint density at radius 2 is 2.10 bits per heavy atom. The van der Waals surface area contributed by atoms with Gasteiger partial charge in [0.15, 0.2) is 11.6 Å². The Morgan fingerprint density at radius 3 is 2.81 bits per heavy atom. The molecule has 8 nitrogen and oxygen atoms in total. The molecule has 0 fully saturated rings. The van der Waals surface area contributed by atoms with E-state index >= 15 is 0 Å². The van der Waals surface area contributed by atoms with Crippen molar-refractivity contribution >= 4 is 0 Å². The van der Waals surface area contributed by atoms with Crippen molar-refractivity contribution in [1.82, 2.24) is 35.7 Å². The molecular weight excluding hydrogens is 270 g/mol. The van der Waals surface area contributed by atoms with Gasteiger partial charge in [-0.25, -0.2) is 0 Å². The van der Waals surface area contributed by atoms with Crippen LogP contribution in [0.25, 0.3) is 5.69 Å². The third-order valence-corrected chi connectivity index (χ3v) is 3.01. The van der Waals surface area contributed by atoms with E-state index in [0.717, 1.165) is 11.5 Å². The van der Waals surface area contributed by atoms with Crippen LogP contribution in [-0.2, 0) is 6.54 Å². The summed E-state index contributed by atoms with van der Waals surface area (Å²) in [5.74, 6) is 1.88. The molecule has 1 aromatic carbocycles. The highest BCUT2D eigenvalue weighted by Crippen LogP contribution is 2.14. The number of tetrazole rings is 1. The molecule has 108 valence electrons. The van der Waals surface area contributed by atoms with E-state index in [1.165, 1.54) is 0 Å². The summed E-state index contributed by atoms with van der Waals surface area (Å²) >= 11 is 0. The molecule has 0 saturated carbocycles. The smallest absolute Gasteiger partial charge is 0.240 e. The fourth-order valence-electron chi connectivity index (χ4n) is 1.96. The molecule has 0 amide bonds. The van der Waals surface area contributed by atoms with E-state index in [1.807, 2.05) is 37.3 Å². The molecule has 1 N–H and O–H groups in total. The van der Waals surface area contributed by atoms with E-state index in [2.05, 4.69) is 31.0 Å². The molecule has 3 rings (SSSR count). The molecule has 0 bridgehead atoms. The molecule has 21 heavy (non-hydrogen) atoms. The van der Waals surface area contributed by atoms with Crippen molar-refractivity contribution < 1.29 is 4.52 Å². The number of nitrogens with zero attached hydrogens (tertiary/aromatic N) is 6. The van der Waals surface area contributed by atoms with Crippen LogP contribution < -0.4 is 5.32 Å². The van der Waals surface area contributed by atoms with Crippen molar-refractivity contribution in [3.63, 3.8) is 0 Å². The molecule has 0 spiro atoms. The van der Waals surface area contributed by atoms with Crippen molar-refractivity contribution in [2.45, 2.75) is 26.4 Å². The summed E-state index contributed by atoms with van der Waals surface area (Å²) in [5.41, 5.74) is 0.916. The number of aromatic nitrogens is 6. The maximum atomic E-state index is 5.06. The molecule has 0 saturated heterocycles. The molecule has 0 aliphatic heterocycles. The molecule has 2 aromatic heterocycles. The second-order valence-corrected chi connectivity index (χ2v) is 4.62. The second-order valence-electron chi connectivity index (χ2n) is 4.62. The topological polar surface area (TPSA) is 94.5 Å². The Bertz CT molecular complexity index is 706. The number of hydrogen-bond donors (Lipinski definition) is 1. The van der Waals surface area contributed by atoms with Crippen LogP contribution in [0.15, 0.2) is 34.9 Å². The maximum absolute atomic E-state index is 5.06. The molecule has 8 heteroatoms. The summed E-state index contributed by atoms with van der Waals surface area (Å²) in [6.45, 7) is 4.23. The van der Waals surface area contributed by atoms with Gasteiger partial charge in [-0.15, -0.1) is 5.10 Å². The van der Waals surface area contributed by atoms with Gasteiger partial charge in [0.05, 0.1) is 18.3 Å². The molecule has 0 aliphatic carbocycles. The van der Waals surface area contributed by atoms with Crippen LogP contribution in [0.1, 0.15) is 30.5 Å². The molecule has 1 unspecified atom stereocenters. The Balaban J connectivity index is 1.73. The fourth-order valence-corrected chi connectivity index (χ4v) is 1.96. The Hall–Kier alpha value is -2.61. The molecule has 0 radical (unpaired) electrons. The highest BCUT2D eigenvalue weighted by Gasteiger charge is 2.16. The number of para-hydroxylation sites is 1. The summed E-state index contributed by atoms with van der Waals surface area (Å²) in [4.78, 5) is 4.15. The lowest BCUT2D eigenvalue weighted by Gasteiger charge is -2.12. The predicted molar refractivity (Wildman–Crippen MR) is 73.4 cm³/mol. The summed E-state index contributed by atoms with van der Waals surface area (Å²) in [6.07, 6.45) is 0. The first-order chi connectivity index (χ1) is 10.2. The second kappa shape index (κ2) is 5.80. The van der Waals surface area contributed by atoms with Crippen molar-refractivity contribution in [3.05, 3.63) is 47.9 Å². The predicted octanol–water partition coefficient (Wildman–Crippen LogP) is 1.20. The average Bonchev–Trinajstić information content (AvgIpc) is 3.14. The zero-order valence-corrected chi connectivity index (χ0v) is 11.8. The first-order valence-corrected chi connectivity index (χ1v) is 6.60. The third-order valence-electron chi connectivity index (χ3n) is 3.01. The molecule has 3 aromatic rings.